The Morgan fingerprint density at radius 2 is 2.00 bits per heavy atom. The minimum absolute atomic E-state index is 0.296. The molecule has 1 aromatic carbocycles. The number of thiazole rings is 1. The van der Waals surface area contributed by atoms with Gasteiger partial charge in [0.1, 0.15) is 0 Å². The Hall–Kier alpha value is -1.23. The van der Waals surface area contributed by atoms with E-state index in [0.29, 0.717) is 6.54 Å². The first-order valence-corrected chi connectivity index (χ1v) is 8.36. The Bertz CT molecular complexity index is 561. The van der Waals surface area contributed by atoms with Gasteiger partial charge >= 0.3 is 0 Å². The predicted octanol–water partition coefficient (Wildman–Crippen LogP) is 3.19. The number of hydrogen-bond acceptors (Lipinski definition) is 4. The predicted molar refractivity (Wildman–Crippen MR) is 89.9 cm³/mol. The van der Waals surface area contributed by atoms with Gasteiger partial charge in [0.2, 0.25) is 0 Å². The number of nitrogens with one attached hydrogen (secondary N) is 1. The second-order valence-electron chi connectivity index (χ2n) is 5.37. The number of nitrogens with zero attached hydrogens (tertiary/aromatic N) is 1. The van der Waals surface area contributed by atoms with Crippen molar-refractivity contribution in [2.24, 2.45) is 0 Å². The number of benzene rings is 1. The monoisotopic (exact) mass is 304 g/mol. The van der Waals surface area contributed by atoms with Crippen LogP contribution in [0.25, 0.3) is 11.3 Å². The van der Waals surface area contributed by atoms with Crippen LogP contribution in [0.4, 0.5) is 0 Å². The van der Waals surface area contributed by atoms with E-state index in [1.165, 1.54) is 16.0 Å². The smallest absolute Gasteiger partial charge is 0.0948 e. The summed E-state index contributed by atoms with van der Waals surface area (Å²) in [5.74, 6) is 0. The summed E-state index contributed by atoms with van der Waals surface area (Å²) < 4.78 is 0. The number of aromatic nitrogens is 1. The minimum Gasteiger partial charge on any atom is -0.392 e. The van der Waals surface area contributed by atoms with Crippen molar-refractivity contribution in [2.75, 3.05) is 13.1 Å². The van der Waals surface area contributed by atoms with E-state index >= 15 is 0 Å². The molecule has 1 aromatic heterocycles. The molecule has 0 aliphatic heterocycles. The SMILES string of the molecule is CCc1ccc(-c2nc(CCNCC(C)O)sc2C)cc1. The Morgan fingerprint density at radius 1 is 1.29 bits per heavy atom. The maximum atomic E-state index is 9.21. The summed E-state index contributed by atoms with van der Waals surface area (Å²) in [4.78, 5) is 6.04. The standard InChI is InChI=1S/C17H24N2OS/c1-4-14-5-7-15(8-6-14)17-13(3)21-16(19-17)9-10-18-11-12(2)20/h5-8,12,18,20H,4,9-11H2,1-3H3. The molecule has 0 saturated heterocycles. The van der Waals surface area contributed by atoms with Gasteiger partial charge in [-0.15, -0.1) is 11.3 Å². The third-order valence-electron chi connectivity index (χ3n) is 3.43. The zero-order valence-electron chi connectivity index (χ0n) is 13.0. The number of aliphatic hydroxyl groups excluding tert-OH is 1. The number of hydrogen-bond donors (Lipinski definition) is 2. The highest BCUT2D eigenvalue weighted by molar-refractivity contribution is 7.12. The van der Waals surface area contributed by atoms with Crippen LogP contribution < -0.4 is 5.32 Å². The first-order chi connectivity index (χ1) is 10.1. The molecule has 0 aliphatic carbocycles. The molecule has 0 saturated carbocycles. The lowest BCUT2D eigenvalue weighted by Crippen LogP contribution is -2.26. The van der Waals surface area contributed by atoms with E-state index in [1.807, 2.05) is 0 Å². The van der Waals surface area contributed by atoms with Gasteiger partial charge in [0.15, 0.2) is 0 Å². The zero-order valence-corrected chi connectivity index (χ0v) is 13.8. The third-order valence-corrected chi connectivity index (χ3v) is 4.46. The van der Waals surface area contributed by atoms with E-state index < -0.39 is 0 Å². The minimum atomic E-state index is -0.296. The van der Waals surface area contributed by atoms with Crippen LogP contribution in [-0.4, -0.2) is 29.3 Å². The maximum Gasteiger partial charge on any atom is 0.0948 e. The molecule has 0 bridgehead atoms. The highest BCUT2D eigenvalue weighted by Gasteiger charge is 2.09. The van der Waals surface area contributed by atoms with Crippen molar-refractivity contribution in [3.63, 3.8) is 0 Å². The number of aliphatic hydroxyl groups is 1. The van der Waals surface area contributed by atoms with Gasteiger partial charge in [-0.25, -0.2) is 4.98 Å². The molecule has 3 nitrogen and oxygen atoms in total. The molecular weight excluding hydrogens is 280 g/mol. The quantitative estimate of drug-likeness (QED) is 0.772. The Morgan fingerprint density at radius 3 is 2.62 bits per heavy atom. The lowest BCUT2D eigenvalue weighted by molar-refractivity contribution is 0.191. The average molecular weight is 304 g/mol. The Kier molecular flexibility index (Phi) is 5.91. The molecule has 0 amide bonds. The largest absolute Gasteiger partial charge is 0.392 e. The van der Waals surface area contributed by atoms with Gasteiger partial charge in [-0.1, -0.05) is 31.2 Å². The van der Waals surface area contributed by atoms with Crippen LogP contribution in [0.15, 0.2) is 24.3 Å². The summed E-state index contributed by atoms with van der Waals surface area (Å²) >= 11 is 1.76. The molecule has 2 aromatic rings. The van der Waals surface area contributed by atoms with Crippen LogP contribution >= 0.6 is 11.3 Å². The van der Waals surface area contributed by atoms with Crippen LogP contribution in [0, 0.1) is 6.92 Å². The molecule has 0 aliphatic rings. The molecule has 1 heterocycles. The van der Waals surface area contributed by atoms with Crippen molar-refractivity contribution in [1.82, 2.24) is 10.3 Å². The van der Waals surface area contributed by atoms with Crippen LogP contribution in [0.3, 0.4) is 0 Å². The lowest BCUT2D eigenvalue weighted by atomic mass is 10.1. The van der Waals surface area contributed by atoms with Crippen LogP contribution in [-0.2, 0) is 12.8 Å². The lowest BCUT2D eigenvalue weighted by Gasteiger charge is -2.04. The Labute approximate surface area is 131 Å². The molecule has 1 unspecified atom stereocenters. The van der Waals surface area contributed by atoms with Crippen molar-refractivity contribution in [2.45, 2.75) is 39.7 Å². The molecule has 4 heteroatoms. The zero-order chi connectivity index (χ0) is 15.2. The van der Waals surface area contributed by atoms with E-state index in [-0.39, 0.29) is 6.10 Å². The van der Waals surface area contributed by atoms with E-state index in [9.17, 15) is 5.11 Å². The molecule has 2 N–H and O–H groups in total. The summed E-state index contributed by atoms with van der Waals surface area (Å²) in [5, 5.41) is 13.6. The van der Waals surface area contributed by atoms with Crippen molar-refractivity contribution < 1.29 is 5.11 Å². The van der Waals surface area contributed by atoms with Crippen molar-refractivity contribution in [3.05, 3.63) is 39.7 Å². The molecule has 0 radical (unpaired) electrons. The first kappa shape index (κ1) is 16.1. The van der Waals surface area contributed by atoms with Crippen LogP contribution in [0.2, 0.25) is 0 Å². The fourth-order valence-corrected chi connectivity index (χ4v) is 3.19. The maximum absolute atomic E-state index is 9.21. The molecule has 21 heavy (non-hydrogen) atoms. The van der Waals surface area contributed by atoms with Gasteiger partial charge in [-0.2, -0.15) is 0 Å². The van der Waals surface area contributed by atoms with Crippen molar-refractivity contribution in [3.8, 4) is 11.3 Å². The first-order valence-electron chi connectivity index (χ1n) is 7.54. The van der Waals surface area contributed by atoms with Crippen molar-refractivity contribution in [1.29, 1.82) is 0 Å². The van der Waals surface area contributed by atoms with Crippen LogP contribution in [0.5, 0.6) is 0 Å². The topological polar surface area (TPSA) is 45.2 Å². The highest BCUT2D eigenvalue weighted by atomic mass is 32.1. The average Bonchev–Trinajstić information content (AvgIpc) is 2.84. The number of rotatable bonds is 7. The van der Waals surface area contributed by atoms with Gasteiger partial charge in [0.05, 0.1) is 16.8 Å². The third kappa shape index (κ3) is 4.63. The fraction of sp³-hybridized carbons (Fsp3) is 0.471. The fourth-order valence-electron chi connectivity index (χ4n) is 2.23. The molecular formula is C17H24N2OS. The molecule has 1 atom stereocenters. The highest BCUT2D eigenvalue weighted by Crippen LogP contribution is 2.28. The van der Waals surface area contributed by atoms with Gasteiger partial charge in [-0.3, -0.25) is 0 Å². The number of aryl methyl sites for hydroxylation is 2. The van der Waals surface area contributed by atoms with Crippen molar-refractivity contribution >= 4 is 11.3 Å². The Balaban J connectivity index is 2.01. The van der Waals surface area contributed by atoms with Gasteiger partial charge in [-0.05, 0) is 25.8 Å². The van der Waals surface area contributed by atoms with Crippen LogP contribution in [0.1, 0.15) is 29.3 Å². The molecule has 114 valence electrons. The molecule has 0 fully saturated rings. The van der Waals surface area contributed by atoms with E-state index in [2.05, 4.69) is 43.4 Å². The summed E-state index contributed by atoms with van der Waals surface area (Å²) in [6, 6.07) is 8.68. The van der Waals surface area contributed by atoms with Gasteiger partial charge in [0, 0.05) is 30.0 Å². The van der Waals surface area contributed by atoms with E-state index in [4.69, 9.17) is 4.98 Å². The van der Waals surface area contributed by atoms with E-state index in [0.717, 1.165) is 30.1 Å². The second-order valence-corrected chi connectivity index (χ2v) is 6.65. The summed E-state index contributed by atoms with van der Waals surface area (Å²) in [6.45, 7) is 7.58. The summed E-state index contributed by atoms with van der Waals surface area (Å²) in [5.41, 5.74) is 3.66. The van der Waals surface area contributed by atoms with Gasteiger partial charge in [0.25, 0.3) is 0 Å². The van der Waals surface area contributed by atoms with E-state index in [1.54, 1.807) is 18.3 Å². The molecule has 0 spiro atoms. The molecule has 2 rings (SSSR count). The van der Waals surface area contributed by atoms with Gasteiger partial charge < -0.3 is 10.4 Å². The second kappa shape index (κ2) is 7.69. The summed E-state index contributed by atoms with van der Waals surface area (Å²) in [6.07, 6.45) is 1.68. The summed E-state index contributed by atoms with van der Waals surface area (Å²) in [7, 11) is 0. The normalized spacial score (nSPS) is 12.6.